The van der Waals surface area contributed by atoms with Crippen LogP contribution in [-0.4, -0.2) is 34.9 Å². The van der Waals surface area contributed by atoms with Crippen LogP contribution < -0.4 is 5.32 Å². The van der Waals surface area contributed by atoms with Gasteiger partial charge in [0.1, 0.15) is 11.5 Å². The molecular weight excluding hydrogens is 320 g/mol. The van der Waals surface area contributed by atoms with E-state index in [2.05, 4.69) is 5.32 Å². The fourth-order valence-corrected chi connectivity index (χ4v) is 3.16. The Labute approximate surface area is 146 Å². The standard InChI is InChI=1S/C19H22N2O4/c22-15-9-7-14(8-10-15)19(24)20-13-18(23)21-11-3-1-2-5-16(21)17-6-4-12-25-17/h4,6-10,12,16,22H,1-3,5,11,13H2,(H,20,24). The van der Waals surface area contributed by atoms with Crippen LogP contribution in [0.5, 0.6) is 5.75 Å². The van der Waals surface area contributed by atoms with Crippen molar-refractivity contribution in [2.75, 3.05) is 13.1 Å². The van der Waals surface area contributed by atoms with Gasteiger partial charge in [-0.15, -0.1) is 0 Å². The van der Waals surface area contributed by atoms with Crippen LogP contribution in [0.2, 0.25) is 0 Å². The van der Waals surface area contributed by atoms with E-state index in [1.165, 1.54) is 24.3 Å². The van der Waals surface area contributed by atoms with Crippen molar-refractivity contribution in [1.82, 2.24) is 10.2 Å². The number of benzene rings is 1. The van der Waals surface area contributed by atoms with Crippen molar-refractivity contribution in [1.29, 1.82) is 0 Å². The highest BCUT2D eigenvalue weighted by molar-refractivity contribution is 5.96. The van der Waals surface area contributed by atoms with Crippen molar-refractivity contribution in [3.63, 3.8) is 0 Å². The summed E-state index contributed by atoms with van der Waals surface area (Å²) in [4.78, 5) is 26.6. The first-order chi connectivity index (χ1) is 12.1. The van der Waals surface area contributed by atoms with Crippen molar-refractivity contribution in [3.05, 3.63) is 54.0 Å². The van der Waals surface area contributed by atoms with Gasteiger partial charge in [-0.3, -0.25) is 9.59 Å². The van der Waals surface area contributed by atoms with Crippen LogP contribution in [0.4, 0.5) is 0 Å². The lowest BCUT2D eigenvalue weighted by atomic mass is 10.1. The normalized spacial score (nSPS) is 17.8. The van der Waals surface area contributed by atoms with E-state index >= 15 is 0 Å². The summed E-state index contributed by atoms with van der Waals surface area (Å²) < 4.78 is 5.51. The molecule has 1 atom stereocenters. The minimum atomic E-state index is -0.335. The number of hydrogen-bond donors (Lipinski definition) is 2. The molecule has 0 aliphatic carbocycles. The van der Waals surface area contributed by atoms with Crippen molar-refractivity contribution in [2.45, 2.75) is 31.7 Å². The third kappa shape index (κ3) is 4.21. The van der Waals surface area contributed by atoms with Gasteiger partial charge in [0, 0.05) is 12.1 Å². The molecule has 132 valence electrons. The minimum Gasteiger partial charge on any atom is -0.508 e. The predicted molar refractivity (Wildman–Crippen MR) is 92.1 cm³/mol. The zero-order chi connectivity index (χ0) is 17.6. The van der Waals surface area contributed by atoms with Gasteiger partial charge in [-0.25, -0.2) is 0 Å². The summed E-state index contributed by atoms with van der Waals surface area (Å²) >= 11 is 0. The Balaban J connectivity index is 1.64. The maximum atomic E-state index is 12.7. The average Bonchev–Trinajstić information content (AvgIpc) is 3.04. The van der Waals surface area contributed by atoms with E-state index < -0.39 is 0 Å². The van der Waals surface area contributed by atoms with E-state index in [9.17, 15) is 14.7 Å². The van der Waals surface area contributed by atoms with Crippen molar-refractivity contribution >= 4 is 11.8 Å². The van der Waals surface area contributed by atoms with Gasteiger partial charge in [0.05, 0.1) is 18.8 Å². The van der Waals surface area contributed by atoms with E-state index in [1.807, 2.05) is 17.0 Å². The first-order valence-electron chi connectivity index (χ1n) is 8.55. The molecule has 3 rings (SSSR count). The Kier molecular flexibility index (Phi) is 5.38. The van der Waals surface area contributed by atoms with Crippen LogP contribution in [0.3, 0.4) is 0 Å². The molecule has 6 nitrogen and oxygen atoms in total. The highest BCUT2D eigenvalue weighted by Gasteiger charge is 2.28. The molecule has 0 saturated carbocycles. The van der Waals surface area contributed by atoms with Gasteiger partial charge in [0.2, 0.25) is 5.91 Å². The Hall–Kier alpha value is -2.76. The van der Waals surface area contributed by atoms with Gasteiger partial charge in [-0.05, 0) is 49.2 Å². The lowest BCUT2D eigenvalue weighted by Crippen LogP contribution is -2.42. The van der Waals surface area contributed by atoms with Gasteiger partial charge in [-0.1, -0.05) is 12.8 Å². The van der Waals surface area contributed by atoms with Gasteiger partial charge < -0.3 is 19.7 Å². The van der Waals surface area contributed by atoms with Crippen molar-refractivity contribution in [3.8, 4) is 5.75 Å². The van der Waals surface area contributed by atoms with Crippen LogP contribution in [0.25, 0.3) is 0 Å². The summed E-state index contributed by atoms with van der Waals surface area (Å²) in [6.45, 7) is 0.607. The molecule has 2 aromatic rings. The third-order valence-corrected chi connectivity index (χ3v) is 4.47. The Morgan fingerprint density at radius 2 is 1.96 bits per heavy atom. The number of carbonyl (C=O) groups excluding carboxylic acids is 2. The second-order valence-electron chi connectivity index (χ2n) is 6.20. The summed E-state index contributed by atoms with van der Waals surface area (Å²) in [5.74, 6) is 0.437. The molecule has 0 radical (unpaired) electrons. The first kappa shape index (κ1) is 17.1. The summed E-state index contributed by atoms with van der Waals surface area (Å²) in [6, 6.07) is 9.58. The second-order valence-corrected chi connectivity index (χ2v) is 6.20. The number of furan rings is 1. The zero-order valence-electron chi connectivity index (χ0n) is 14.0. The Morgan fingerprint density at radius 3 is 2.68 bits per heavy atom. The second kappa shape index (κ2) is 7.88. The molecule has 0 spiro atoms. The maximum absolute atomic E-state index is 12.7. The maximum Gasteiger partial charge on any atom is 0.251 e. The first-order valence-corrected chi connectivity index (χ1v) is 8.55. The fourth-order valence-electron chi connectivity index (χ4n) is 3.16. The summed E-state index contributed by atoms with van der Waals surface area (Å²) in [7, 11) is 0. The predicted octanol–water partition coefficient (Wildman–Crippen LogP) is 2.86. The lowest BCUT2D eigenvalue weighted by molar-refractivity contribution is -0.132. The number of carbonyl (C=O) groups is 2. The van der Waals surface area contributed by atoms with Crippen molar-refractivity contribution in [2.24, 2.45) is 0 Å². The molecule has 1 unspecified atom stereocenters. The van der Waals surface area contributed by atoms with Crippen LogP contribution >= 0.6 is 0 Å². The quantitative estimate of drug-likeness (QED) is 0.895. The number of rotatable bonds is 4. The molecule has 6 heteroatoms. The van der Waals surface area contributed by atoms with E-state index in [4.69, 9.17) is 4.42 Å². The van der Waals surface area contributed by atoms with Crippen LogP contribution in [0.1, 0.15) is 47.8 Å². The number of likely N-dealkylation sites (tertiary alicyclic amines) is 1. The van der Waals surface area contributed by atoms with Crippen LogP contribution in [0.15, 0.2) is 47.1 Å². The summed E-state index contributed by atoms with van der Waals surface area (Å²) in [5.41, 5.74) is 0.407. The van der Waals surface area contributed by atoms with Gasteiger partial charge in [0.15, 0.2) is 0 Å². The van der Waals surface area contributed by atoms with E-state index in [1.54, 1.807) is 6.26 Å². The molecule has 1 saturated heterocycles. The zero-order valence-corrected chi connectivity index (χ0v) is 14.0. The molecule has 25 heavy (non-hydrogen) atoms. The number of amides is 2. The molecule has 1 aromatic heterocycles. The van der Waals surface area contributed by atoms with Gasteiger partial charge in [0.25, 0.3) is 5.91 Å². The molecule has 1 aliphatic heterocycles. The number of hydrogen-bond acceptors (Lipinski definition) is 4. The number of phenolic OH excluding ortho intramolecular Hbond substituents is 1. The molecule has 1 aliphatic rings. The molecule has 0 bridgehead atoms. The molecule has 2 amide bonds. The Bertz CT molecular complexity index is 710. The van der Waals surface area contributed by atoms with E-state index in [0.717, 1.165) is 31.4 Å². The highest BCUT2D eigenvalue weighted by Crippen LogP contribution is 2.30. The van der Waals surface area contributed by atoms with Crippen molar-refractivity contribution < 1.29 is 19.1 Å². The monoisotopic (exact) mass is 342 g/mol. The molecular formula is C19H22N2O4. The fraction of sp³-hybridized carbons (Fsp3) is 0.368. The van der Waals surface area contributed by atoms with Crippen LogP contribution in [0, 0.1) is 0 Å². The number of aromatic hydroxyl groups is 1. The number of nitrogens with zero attached hydrogens (tertiary/aromatic N) is 1. The average molecular weight is 342 g/mol. The SMILES string of the molecule is O=C(NCC(=O)N1CCCCCC1c1ccco1)c1ccc(O)cc1. The topological polar surface area (TPSA) is 82.8 Å². The summed E-state index contributed by atoms with van der Waals surface area (Å²) in [6.07, 6.45) is 5.57. The summed E-state index contributed by atoms with van der Waals surface area (Å²) in [5, 5.41) is 11.9. The minimum absolute atomic E-state index is 0.0586. The Morgan fingerprint density at radius 1 is 1.16 bits per heavy atom. The number of phenols is 1. The van der Waals surface area contributed by atoms with Gasteiger partial charge in [-0.2, -0.15) is 0 Å². The molecule has 1 fully saturated rings. The van der Waals surface area contributed by atoms with Gasteiger partial charge >= 0.3 is 0 Å². The smallest absolute Gasteiger partial charge is 0.251 e. The molecule has 2 heterocycles. The highest BCUT2D eigenvalue weighted by atomic mass is 16.3. The number of nitrogens with one attached hydrogen (secondary N) is 1. The largest absolute Gasteiger partial charge is 0.508 e. The van der Waals surface area contributed by atoms with E-state index in [0.29, 0.717) is 12.1 Å². The third-order valence-electron chi connectivity index (χ3n) is 4.47. The molecule has 2 N–H and O–H groups in total. The lowest BCUT2D eigenvalue weighted by Gasteiger charge is -2.28. The van der Waals surface area contributed by atoms with Crippen LogP contribution in [-0.2, 0) is 4.79 Å². The van der Waals surface area contributed by atoms with E-state index in [-0.39, 0.29) is 30.2 Å². The molecule has 1 aromatic carbocycles.